The van der Waals surface area contributed by atoms with Crippen LogP contribution in [0.25, 0.3) is 0 Å². The zero-order valence-electron chi connectivity index (χ0n) is 10.8. The third kappa shape index (κ3) is 2.55. The van der Waals surface area contributed by atoms with E-state index >= 15 is 0 Å². The lowest BCUT2D eigenvalue weighted by atomic mass is 10.1. The summed E-state index contributed by atoms with van der Waals surface area (Å²) < 4.78 is 0. The molecule has 0 aliphatic carbocycles. The van der Waals surface area contributed by atoms with E-state index in [0.29, 0.717) is 18.4 Å². The van der Waals surface area contributed by atoms with Gasteiger partial charge in [-0.15, -0.1) is 0 Å². The number of carbonyl (C=O) groups excluding carboxylic acids is 1. The number of piperazine rings is 1. The van der Waals surface area contributed by atoms with Crippen LogP contribution in [0.2, 0.25) is 5.02 Å². The van der Waals surface area contributed by atoms with E-state index in [2.05, 4.69) is 4.90 Å². The molecule has 1 unspecified atom stereocenters. The van der Waals surface area contributed by atoms with Crippen molar-refractivity contribution in [2.24, 2.45) is 0 Å². The number of hydrogen-bond acceptors (Lipinski definition) is 3. The lowest BCUT2D eigenvalue weighted by Gasteiger charge is -2.37. The highest BCUT2D eigenvalue weighted by atomic mass is 35.5. The highest BCUT2D eigenvalue weighted by molar-refractivity contribution is 6.30. The first kappa shape index (κ1) is 12.8. The van der Waals surface area contributed by atoms with E-state index in [9.17, 15) is 4.79 Å². The lowest BCUT2D eigenvalue weighted by Crippen LogP contribution is -2.50. The number of carbonyl (C=O) groups is 1. The first-order valence-corrected chi connectivity index (χ1v) is 7.07. The molecule has 2 aliphatic rings. The summed E-state index contributed by atoms with van der Waals surface area (Å²) in [7, 11) is 0. The molecule has 0 radical (unpaired) electrons. The summed E-state index contributed by atoms with van der Waals surface area (Å²) in [5.74, 6) is 0.312. The van der Waals surface area contributed by atoms with Gasteiger partial charge in [-0.25, -0.2) is 0 Å². The fourth-order valence-corrected chi connectivity index (χ4v) is 3.22. The van der Waals surface area contributed by atoms with Crippen molar-refractivity contribution < 1.29 is 4.79 Å². The number of halogens is 1. The Kier molecular flexibility index (Phi) is 3.37. The molecule has 4 nitrogen and oxygen atoms in total. The number of anilines is 1. The van der Waals surface area contributed by atoms with Crippen LogP contribution in [0.5, 0.6) is 0 Å². The van der Waals surface area contributed by atoms with Crippen LogP contribution in [-0.2, 0) is 11.3 Å². The molecule has 2 fully saturated rings. The molecule has 2 heterocycles. The molecule has 2 N–H and O–H groups in total. The summed E-state index contributed by atoms with van der Waals surface area (Å²) in [5, 5.41) is 0.721. The van der Waals surface area contributed by atoms with Crippen LogP contribution < -0.4 is 5.73 Å². The number of hydrogen-bond donors (Lipinski definition) is 1. The van der Waals surface area contributed by atoms with Crippen molar-refractivity contribution in [2.45, 2.75) is 25.4 Å². The van der Waals surface area contributed by atoms with Crippen molar-refractivity contribution >= 4 is 23.2 Å². The molecule has 0 spiro atoms. The van der Waals surface area contributed by atoms with Crippen molar-refractivity contribution in [3.63, 3.8) is 0 Å². The van der Waals surface area contributed by atoms with Gasteiger partial charge >= 0.3 is 0 Å². The predicted octanol–water partition coefficient (Wildman–Crippen LogP) is 1.73. The minimum atomic E-state index is 0.312. The van der Waals surface area contributed by atoms with Gasteiger partial charge in [0.25, 0.3) is 0 Å². The normalized spacial score (nSPS) is 23.7. The molecule has 0 saturated carbocycles. The van der Waals surface area contributed by atoms with Crippen LogP contribution >= 0.6 is 11.6 Å². The van der Waals surface area contributed by atoms with E-state index in [-0.39, 0.29) is 0 Å². The monoisotopic (exact) mass is 279 g/mol. The van der Waals surface area contributed by atoms with Crippen molar-refractivity contribution in [3.05, 3.63) is 28.8 Å². The van der Waals surface area contributed by atoms with Gasteiger partial charge in [0.05, 0.1) is 0 Å². The molecule has 19 heavy (non-hydrogen) atoms. The molecule has 1 aromatic carbocycles. The van der Waals surface area contributed by atoms with Gasteiger partial charge < -0.3 is 10.6 Å². The lowest BCUT2D eigenvalue weighted by molar-refractivity contribution is -0.130. The van der Waals surface area contributed by atoms with Gasteiger partial charge in [0.1, 0.15) is 0 Å². The van der Waals surface area contributed by atoms with E-state index < -0.39 is 0 Å². The van der Waals surface area contributed by atoms with Gasteiger partial charge in [-0.05, 0) is 30.2 Å². The first-order chi connectivity index (χ1) is 9.13. The molecule has 1 amide bonds. The van der Waals surface area contributed by atoms with Crippen molar-refractivity contribution in [1.29, 1.82) is 0 Å². The Morgan fingerprint density at radius 1 is 1.37 bits per heavy atom. The number of rotatable bonds is 2. The average molecular weight is 280 g/mol. The second kappa shape index (κ2) is 5.02. The maximum absolute atomic E-state index is 11.6. The van der Waals surface area contributed by atoms with Gasteiger partial charge in [0.2, 0.25) is 5.91 Å². The third-order valence-electron chi connectivity index (χ3n) is 4.08. The average Bonchev–Trinajstić information content (AvgIpc) is 2.75. The molecular weight excluding hydrogens is 262 g/mol. The number of fused-ring (bicyclic) bond motifs is 1. The molecule has 0 bridgehead atoms. The molecule has 2 aliphatic heterocycles. The molecule has 2 saturated heterocycles. The number of benzene rings is 1. The fraction of sp³-hybridized carbons (Fsp3) is 0.500. The topological polar surface area (TPSA) is 49.6 Å². The Labute approximate surface area is 118 Å². The largest absolute Gasteiger partial charge is 0.398 e. The summed E-state index contributed by atoms with van der Waals surface area (Å²) >= 11 is 6.02. The Hall–Kier alpha value is -1.26. The van der Waals surface area contributed by atoms with E-state index in [1.807, 2.05) is 23.1 Å². The molecule has 1 atom stereocenters. The van der Waals surface area contributed by atoms with E-state index in [0.717, 1.165) is 48.9 Å². The van der Waals surface area contributed by atoms with E-state index in [4.69, 9.17) is 17.3 Å². The zero-order valence-corrected chi connectivity index (χ0v) is 11.6. The molecule has 1 aromatic rings. The number of nitrogens with two attached hydrogens (primary N) is 1. The Morgan fingerprint density at radius 3 is 3.05 bits per heavy atom. The molecule has 5 heteroatoms. The van der Waals surface area contributed by atoms with Crippen molar-refractivity contribution in [3.8, 4) is 0 Å². The quantitative estimate of drug-likeness (QED) is 0.839. The summed E-state index contributed by atoms with van der Waals surface area (Å²) in [5.41, 5.74) is 7.85. The van der Waals surface area contributed by atoms with Gasteiger partial charge in [-0.2, -0.15) is 0 Å². The summed E-state index contributed by atoms with van der Waals surface area (Å²) in [6.45, 7) is 3.50. The van der Waals surface area contributed by atoms with Gasteiger partial charge in [0, 0.05) is 49.4 Å². The van der Waals surface area contributed by atoms with Gasteiger partial charge in [-0.3, -0.25) is 9.69 Å². The standard InChI is InChI=1S/C14H18ClN3O/c15-11-1-3-13(16)10(7-11)8-17-5-6-18-12(9-17)2-4-14(18)19/h1,3,7,12H,2,4-6,8-9,16H2. The zero-order chi connectivity index (χ0) is 13.4. The van der Waals surface area contributed by atoms with Crippen LogP contribution in [-0.4, -0.2) is 41.4 Å². The Morgan fingerprint density at radius 2 is 2.21 bits per heavy atom. The van der Waals surface area contributed by atoms with Crippen molar-refractivity contribution in [1.82, 2.24) is 9.80 Å². The smallest absolute Gasteiger partial charge is 0.222 e. The maximum Gasteiger partial charge on any atom is 0.222 e. The summed E-state index contributed by atoms with van der Waals surface area (Å²) in [6.07, 6.45) is 1.69. The summed E-state index contributed by atoms with van der Waals surface area (Å²) in [6, 6.07) is 5.99. The Balaban J connectivity index is 1.68. The predicted molar refractivity (Wildman–Crippen MR) is 75.9 cm³/mol. The fourth-order valence-electron chi connectivity index (χ4n) is 3.02. The first-order valence-electron chi connectivity index (χ1n) is 6.69. The highest BCUT2D eigenvalue weighted by Gasteiger charge is 2.35. The number of nitrogens with zero attached hydrogens (tertiary/aromatic N) is 2. The van der Waals surface area contributed by atoms with Gasteiger partial charge in [-0.1, -0.05) is 11.6 Å². The minimum Gasteiger partial charge on any atom is -0.398 e. The second-order valence-electron chi connectivity index (χ2n) is 5.36. The highest BCUT2D eigenvalue weighted by Crippen LogP contribution is 2.25. The van der Waals surface area contributed by atoms with Gasteiger partial charge in [0.15, 0.2) is 0 Å². The van der Waals surface area contributed by atoms with Crippen LogP contribution in [0.3, 0.4) is 0 Å². The molecule has 102 valence electrons. The van der Waals surface area contributed by atoms with Crippen LogP contribution in [0.15, 0.2) is 18.2 Å². The molecule has 3 rings (SSSR count). The van der Waals surface area contributed by atoms with Crippen LogP contribution in [0.1, 0.15) is 18.4 Å². The third-order valence-corrected chi connectivity index (χ3v) is 4.31. The second-order valence-corrected chi connectivity index (χ2v) is 5.79. The summed E-state index contributed by atoms with van der Waals surface area (Å²) in [4.78, 5) is 16.0. The molecule has 0 aromatic heterocycles. The maximum atomic E-state index is 11.6. The van der Waals surface area contributed by atoms with Crippen molar-refractivity contribution in [2.75, 3.05) is 25.4 Å². The molecular formula is C14H18ClN3O. The SMILES string of the molecule is Nc1ccc(Cl)cc1CN1CCN2C(=O)CCC2C1. The number of amides is 1. The van der Waals surface area contributed by atoms with E-state index in [1.165, 1.54) is 0 Å². The minimum absolute atomic E-state index is 0.312. The Bertz CT molecular complexity index is 505. The van der Waals surface area contributed by atoms with E-state index in [1.54, 1.807) is 0 Å². The van der Waals surface area contributed by atoms with Crippen LogP contribution in [0.4, 0.5) is 5.69 Å². The number of nitrogen functional groups attached to an aromatic ring is 1. The van der Waals surface area contributed by atoms with Crippen LogP contribution in [0, 0.1) is 0 Å².